The molecule has 100 valence electrons. The van der Waals surface area contributed by atoms with Crippen molar-refractivity contribution in [2.24, 2.45) is 0 Å². The van der Waals surface area contributed by atoms with Crippen molar-refractivity contribution < 1.29 is 5.11 Å². The van der Waals surface area contributed by atoms with Gasteiger partial charge in [0.2, 0.25) is 0 Å². The number of nitrogens with zero attached hydrogens (tertiary/aromatic N) is 2. The molecule has 20 heavy (non-hydrogen) atoms. The van der Waals surface area contributed by atoms with Crippen molar-refractivity contribution in [2.45, 2.75) is 19.8 Å². The van der Waals surface area contributed by atoms with E-state index in [4.69, 9.17) is 0 Å². The minimum Gasteiger partial charge on any atom is -0.507 e. The fourth-order valence-corrected chi connectivity index (χ4v) is 2.72. The fraction of sp³-hybridized carbons (Fsp3) is 0.200. The van der Waals surface area contributed by atoms with Crippen molar-refractivity contribution in [2.75, 3.05) is 0 Å². The monoisotopic (exact) mass is 329 g/mol. The Morgan fingerprint density at radius 1 is 1.15 bits per heavy atom. The van der Waals surface area contributed by atoms with E-state index < -0.39 is 5.92 Å². The van der Waals surface area contributed by atoms with E-state index in [0.29, 0.717) is 15.6 Å². The van der Waals surface area contributed by atoms with Gasteiger partial charge in [0.25, 0.3) is 0 Å². The first kappa shape index (κ1) is 14.2. The van der Waals surface area contributed by atoms with Gasteiger partial charge >= 0.3 is 0 Å². The molecule has 0 spiro atoms. The number of nitriles is 2. The van der Waals surface area contributed by atoms with Crippen molar-refractivity contribution in [1.82, 2.24) is 5.32 Å². The predicted octanol–water partition coefficient (Wildman–Crippen LogP) is 3.44. The summed E-state index contributed by atoms with van der Waals surface area (Å²) in [6.45, 7) is 3.64. The standard InChI is InChI=1S/C15H12BrN3O/c1-8-11(6-17)15(12(7-18)9(2)19-8)10-3-4-14(20)13(16)5-10/h3-5,15,19-20H,1-2H3. The smallest absolute Gasteiger partial charge is 0.129 e. The van der Waals surface area contributed by atoms with Crippen molar-refractivity contribution >= 4 is 15.9 Å². The van der Waals surface area contributed by atoms with Gasteiger partial charge in [0.15, 0.2) is 0 Å². The zero-order chi connectivity index (χ0) is 14.9. The minimum absolute atomic E-state index is 0.126. The minimum atomic E-state index is -0.400. The maximum absolute atomic E-state index is 9.58. The van der Waals surface area contributed by atoms with E-state index in [1.54, 1.807) is 18.2 Å². The van der Waals surface area contributed by atoms with Gasteiger partial charge in [-0.3, -0.25) is 0 Å². The summed E-state index contributed by atoms with van der Waals surface area (Å²) in [5, 5.41) is 31.4. The van der Waals surface area contributed by atoms with Gasteiger partial charge in [0, 0.05) is 11.4 Å². The summed E-state index contributed by atoms with van der Waals surface area (Å²) >= 11 is 3.26. The molecule has 0 bridgehead atoms. The van der Waals surface area contributed by atoms with E-state index >= 15 is 0 Å². The van der Waals surface area contributed by atoms with Gasteiger partial charge in [-0.15, -0.1) is 0 Å². The molecule has 4 nitrogen and oxygen atoms in total. The largest absolute Gasteiger partial charge is 0.507 e. The number of dihydropyridines is 1. The van der Waals surface area contributed by atoms with E-state index in [-0.39, 0.29) is 5.75 Å². The lowest BCUT2D eigenvalue weighted by molar-refractivity contribution is 0.471. The second kappa shape index (κ2) is 5.40. The Bertz CT molecular complexity index is 684. The Morgan fingerprint density at radius 3 is 2.15 bits per heavy atom. The maximum atomic E-state index is 9.58. The Labute approximate surface area is 125 Å². The van der Waals surface area contributed by atoms with E-state index in [1.165, 1.54) is 0 Å². The lowest BCUT2D eigenvalue weighted by atomic mass is 9.81. The topological polar surface area (TPSA) is 79.8 Å². The highest BCUT2D eigenvalue weighted by molar-refractivity contribution is 9.10. The number of allylic oxidation sites excluding steroid dienone is 4. The molecule has 0 saturated carbocycles. The first-order valence-electron chi connectivity index (χ1n) is 5.96. The Kier molecular flexibility index (Phi) is 3.83. The Morgan fingerprint density at radius 2 is 1.70 bits per heavy atom. The molecular weight excluding hydrogens is 318 g/mol. The Hall–Kier alpha value is -2.24. The molecule has 0 aliphatic carbocycles. The summed E-state index contributed by atoms with van der Waals surface area (Å²) < 4.78 is 0.540. The molecular formula is C15H12BrN3O. The predicted molar refractivity (Wildman–Crippen MR) is 78.3 cm³/mol. The average Bonchev–Trinajstić information content (AvgIpc) is 2.41. The van der Waals surface area contributed by atoms with E-state index in [9.17, 15) is 15.6 Å². The number of phenols is 1. The van der Waals surface area contributed by atoms with Crippen LogP contribution in [0.4, 0.5) is 0 Å². The summed E-state index contributed by atoms with van der Waals surface area (Å²) in [5.41, 5.74) is 3.33. The third-order valence-corrected chi connectivity index (χ3v) is 3.94. The fourth-order valence-electron chi connectivity index (χ4n) is 2.33. The number of halogens is 1. The molecule has 2 rings (SSSR count). The van der Waals surface area contributed by atoms with Crippen LogP contribution in [0.25, 0.3) is 0 Å². The lowest BCUT2D eigenvalue weighted by Gasteiger charge is -2.26. The number of nitrogens with one attached hydrogen (secondary N) is 1. The van der Waals surface area contributed by atoms with E-state index in [0.717, 1.165) is 17.0 Å². The summed E-state index contributed by atoms with van der Waals surface area (Å²) in [7, 11) is 0. The third-order valence-electron chi connectivity index (χ3n) is 3.31. The molecule has 1 aromatic rings. The molecule has 1 heterocycles. The number of phenolic OH excluding ortho intramolecular Hbond substituents is 1. The lowest BCUT2D eigenvalue weighted by Crippen LogP contribution is -2.23. The molecule has 0 unspecified atom stereocenters. The van der Waals surface area contributed by atoms with Gasteiger partial charge in [0.05, 0.1) is 33.7 Å². The van der Waals surface area contributed by atoms with E-state index in [1.807, 2.05) is 13.8 Å². The van der Waals surface area contributed by atoms with Crippen LogP contribution in [0.1, 0.15) is 25.3 Å². The number of hydrogen-bond donors (Lipinski definition) is 2. The summed E-state index contributed by atoms with van der Waals surface area (Å²) in [6, 6.07) is 9.37. The molecule has 5 heteroatoms. The van der Waals surface area contributed by atoms with Crippen LogP contribution >= 0.6 is 15.9 Å². The quantitative estimate of drug-likeness (QED) is 0.827. The molecule has 0 atom stereocenters. The summed E-state index contributed by atoms with van der Waals surface area (Å²) in [4.78, 5) is 0. The van der Waals surface area contributed by atoms with Crippen LogP contribution in [-0.2, 0) is 0 Å². The number of aromatic hydroxyl groups is 1. The highest BCUT2D eigenvalue weighted by Crippen LogP contribution is 2.39. The van der Waals surface area contributed by atoms with Crippen LogP contribution < -0.4 is 5.32 Å². The van der Waals surface area contributed by atoms with Crippen molar-refractivity contribution in [3.8, 4) is 17.9 Å². The van der Waals surface area contributed by atoms with Gasteiger partial charge in [-0.05, 0) is 47.5 Å². The van der Waals surface area contributed by atoms with Crippen LogP contribution in [-0.4, -0.2) is 5.11 Å². The van der Waals surface area contributed by atoms with Gasteiger partial charge in [-0.2, -0.15) is 10.5 Å². The van der Waals surface area contributed by atoms with E-state index in [2.05, 4.69) is 33.4 Å². The zero-order valence-electron chi connectivity index (χ0n) is 11.0. The van der Waals surface area contributed by atoms with Crippen LogP contribution in [0.5, 0.6) is 5.75 Å². The molecule has 1 aliphatic rings. The molecule has 1 aromatic carbocycles. The third kappa shape index (κ3) is 2.29. The van der Waals surface area contributed by atoms with Gasteiger partial charge < -0.3 is 10.4 Å². The van der Waals surface area contributed by atoms with Crippen LogP contribution in [0, 0.1) is 22.7 Å². The highest BCUT2D eigenvalue weighted by Gasteiger charge is 2.29. The van der Waals surface area contributed by atoms with Crippen LogP contribution in [0.3, 0.4) is 0 Å². The van der Waals surface area contributed by atoms with Gasteiger partial charge in [-0.25, -0.2) is 0 Å². The molecule has 0 aromatic heterocycles. The molecule has 0 amide bonds. The summed E-state index contributed by atoms with van der Waals surface area (Å²) in [5.74, 6) is -0.274. The van der Waals surface area contributed by atoms with Crippen molar-refractivity contribution in [1.29, 1.82) is 10.5 Å². The van der Waals surface area contributed by atoms with Crippen molar-refractivity contribution in [3.63, 3.8) is 0 Å². The second-order valence-electron chi connectivity index (χ2n) is 4.57. The van der Waals surface area contributed by atoms with Gasteiger partial charge in [0.1, 0.15) is 5.75 Å². The Balaban J connectivity index is 2.66. The molecule has 0 fully saturated rings. The first-order chi connectivity index (χ1) is 9.49. The van der Waals surface area contributed by atoms with Gasteiger partial charge in [-0.1, -0.05) is 6.07 Å². The average molecular weight is 330 g/mol. The molecule has 0 radical (unpaired) electrons. The maximum Gasteiger partial charge on any atom is 0.129 e. The highest BCUT2D eigenvalue weighted by atomic mass is 79.9. The molecule has 0 saturated heterocycles. The van der Waals surface area contributed by atoms with Crippen LogP contribution in [0.15, 0.2) is 45.2 Å². The molecule has 1 aliphatic heterocycles. The second-order valence-corrected chi connectivity index (χ2v) is 5.42. The normalized spacial score (nSPS) is 15.7. The SMILES string of the molecule is CC1=C(C#N)C(c2ccc(O)c(Br)c2)C(C#N)=C(C)N1. The summed E-state index contributed by atoms with van der Waals surface area (Å²) in [6.07, 6.45) is 0. The number of benzene rings is 1. The first-order valence-corrected chi connectivity index (χ1v) is 6.76. The number of rotatable bonds is 1. The van der Waals surface area contributed by atoms with Crippen LogP contribution in [0.2, 0.25) is 0 Å². The number of hydrogen-bond acceptors (Lipinski definition) is 4. The van der Waals surface area contributed by atoms with Crippen molar-refractivity contribution in [3.05, 3.63) is 50.8 Å². The molecule has 2 N–H and O–H groups in total. The zero-order valence-corrected chi connectivity index (χ0v) is 12.6.